The highest BCUT2D eigenvalue weighted by molar-refractivity contribution is 5.84. The number of phenols is 1. The predicted molar refractivity (Wildman–Crippen MR) is 140 cm³/mol. The maximum Gasteiger partial charge on any atom is 0.303 e. The number of aromatic nitrogens is 1. The number of aromatic hydroxyl groups is 1. The van der Waals surface area contributed by atoms with Gasteiger partial charge in [0.05, 0.1) is 0 Å². The van der Waals surface area contributed by atoms with E-state index in [2.05, 4.69) is 11.9 Å². The van der Waals surface area contributed by atoms with E-state index in [9.17, 15) is 9.90 Å². The maximum atomic E-state index is 10.3. The molecule has 5 heteroatoms. The largest absolute Gasteiger partial charge is 0.508 e. The third-order valence-electron chi connectivity index (χ3n) is 6.16. The molecule has 0 aliphatic heterocycles. The van der Waals surface area contributed by atoms with E-state index in [4.69, 9.17) is 10.8 Å². The van der Waals surface area contributed by atoms with Crippen LogP contribution in [-0.2, 0) is 11.2 Å². The number of phenolic OH excluding ortho intramolecular Hbond substituents is 1. The predicted octanol–water partition coefficient (Wildman–Crippen LogP) is 7.71. The Kier molecular flexibility index (Phi) is 17.1. The highest BCUT2D eigenvalue weighted by atomic mass is 16.4. The van der Waals surface area contributed by atoms with E-state index in [0.29, 0.717) is 18.7 Å². The van der Waals surface area contributed by atoms with Crippen molar-refractivity contribution >= 4 is 16.9 Å². The molecule has 33 heavy (non-hydrogen) atoms. The Bertz CT molecular complexity index is 742. The number of carboxylic acid groups (broad SMARTS) is 1. The summed E-state index contributed by atoms with van der Waals surface area (Å²) in [6, 6.07) is 5.30. The molecule has 0 radical (unpaired) electrons. The summed E-state index contributed by atoms with van der Waals surface area (Å²) in [5.41, 5.74) is 7.68. The molecular formula is C28H48N2O3. The van der Waals surface area contributed by atoms with Crippen LogP contribution in [0.1, 0.15) is 115 Å². The Morgan fingerprint density at radius 3 is 1.85 bits per heavy atom. The lowest BCUT2D eigenvalue weighted by molar-refractivity contribution is -0.137. The molecule has 1 aromatic carbocycles. The van der Waals surface area contributed by atoms with Gasteiger partial charge in [0, 0.05) is 23.5 Å². The second-order valence-corrected chi connectivity index (χ2v) is 9.18. The molecule has 2 aromatic rings. The van der Waals surface area contributed by atoms with Gasteiger partial charge in [-0.3, -0.25) is 4.79 Å². The van der Waals surface area contributed by atoms with E-state index < -0.39 is 5.97 Å². The molecule has 0 aliphatic rings. The molecule has 0 saturated carbocycles. The molecule has 0 unspecified atom stereocenters. The van der Waals surface area contributed by atoms with Crippen LogP contribution in [0.5, 0.6) is 5.75 Å². The monoisotopic (exact) mass is 460 g/mol. The second kappa shape index (κ2) is 19.5. The number of H-pyrrole nitrogens is 1. The fraction of sp³-hybridized carbons (Fsp3) is 0.679. The van der Waals surface area contributed by atoms with Gasteiger partial charge >= 0.3 is 5.97 Å². The lowest BCUT2D eigenvalue weighted by Gasteiger charge is -2.03. The van der Waals surface area contributed by atoms with Gasteiger partial charge in [0.25, 0.3) is 0 Å². The Labute approximate surface area is 201 Å². The maximum absolute atomic E-state index is 10.3. The molecule has 1 aromatic heterocycles. The number of nitrogens with one attached hydrogen (secondary N) is 1. The van der Waals surface area contributed by atoms with Gasteiger partial charge in [-0.05, 0) is 43.1 Å². The molecule has 188 valence electrons. The van der Waals surface area contributed by atoms with E-state index in [1.165, 1.54) is 83.5 Å². The molecule has 5 N–H and O–H groups in total. The summed E-state index contributed by atoms with van der Waals surface area (Å²) in [7, 11) is 0. The van der Waals surface area contributed by atoms with Crippen molar-refractivity contribution in [2.45, 2.75) is 116 Å². The van der Waals surface area contributed by atoms with Crippen LogP contribution in [0.25, 0.3) is 10.9 Å². The van der Waals surface area contributed by atoms with E-state index >= 15 is 0 Å². The van der Waals surface area contributed by atoms with E-state index in [-0.39, 0.29) is 0 Å². The normalized spacial score (nSPS) is 10.8. The van der Waals surface area contributed by atoms with E-state index in [0.717, 1.165) is 35.7 Å². The molecule has 0 aliphatic carbocycles. The fourth-order valence-corrected chi connectivity index (χ4v) is 4.18. The summed E-state index contributed by atoms with van der Waals surface area (Å²) >= 11 is 0. The van der Waals surface area contributed by atoms with Gasteiger partial charge in [-0.25, -0.2) is 0 Å². The molecule has 0 amide bonds. The SMILES string of the molecule is CCCCCCCCCCCCCCCCCC(=O)O.NCCc1c[nH]c2ccc(O)cc12. The number of rotatable bonds is 18. The van der Waals surface area contributed by atoms with Crippen molar-refractivity contribution in [2.24, 2.45) is 5.73 Å². The number of aromatic amines is 1. The summed E-state index contributed by atoms with van der Waals surface area (Å²) < 4.78 is 0. The molecule has 1 heterocycles. The molecule has 0 atom stereocenters. The number of carboxylic acids is 1. The average Bonchev–Trinajstić information content (AvgIpc) is 3.19. The third kappa shape index (κ3) is 14.7. The number of hydrogen-bond acceptors (Lipinski definition) is 3. The van der Waals surface area contributed by atoms with Crippen molar-refractivity contribution < 1.29 is 15.0 Å². The van der Waals surface area contributed by atoms with Crippen molar-refractivity contribution in [2.75, 3.05) is 6.54 Å². The zero-order chi connectivity index (χ0) is 24.2. The quantitative estimate of drug-likeness (QED) is 0.171. The van der Waals surface area contributed by atoms with Gasteiger partial charge in [-0.15, -0.1) is 0 Å². The molecule has 0 spiro atoms. The van der Waals surface area contributed by atoms with Crippen molar-refractivity contribution in [1.29, 1.82) is 0 Å². The van der Waals surface area contributed by atoms with Gasteiger partial charge in [0.1, 0.15) is 5.75 Å². The van der Waals surface area contributed by atoms with Gasteiger partial charge in [-0.1, -0.05) is 96.8 Å². The minimum atomic E-state index is -0.653. The summed E-state index contributed by atoms with van der Waals surface area (Å²) in [5.74, 6) is -0.356. The van der Waals surface area contributed by atoms with Crippen LogP contribution in [0.4, 0.5) is 0 Å². The molecule has 0 saturated heterocycles. The lowest BCUT2D eigenvalue weighted by Crippen LogP contribution is -2.01. The van der Waals surface area contributed by atoms with Gasteiger partial charge in [0.2, 0.25) is 0 Å². The summed E-state index contributed by atoms with van der Waals surface area (Å²) in [6.45, 7) is 2.90. The number of aliphatic carboxylic acids is 1. The van der Waals surface area contributed by atoms with E-state index in [1.54, 1.807) is 12.1 Å². The van der Waals surface area contributed by atoms with Crippen LogP contribution in [0.3, 0.4) is 0 Å². The molecule has 5 nitrogen and oxygen atoms in total. The number of unbranched alkanes of at least 4 members (excludes halogenated alkanes) is 14. The van der Waals surface area contributed by atoms with Crippen molar-refractivity contribution in [1.82, 2.24) is 4.98 Å². The lowest BCUT2D eigenvalue weighted by atomic mass is 10.0. The standard InChI is InChI=1S/C18H36O2.C10H12N2O/c1-2-3-4-5-6-7-8-9-10-11-12-13-14-15-16-17-18(19)20;11-4-3-7-6-12-10-2-1-8(13)5-9(7)10/h2-17H2,1H3,(H,19,20);1-2,5-6,12-13H,3-4,11H2. The summed E-state index contributed by atoms with van der Waals surface area (Å²) in [4.78, 5) is 13.5. The summed E-state index contributed by atoms with van der Waals surface area (Å²) in [6.07, 6.45) is 23.0. The van der Waals surface area contributed by atoms with Crippen LogP contribution in [0.15, 0.2) is 24.4 Å². The number of fused-ring (bicyclic) bond motifs is 1. The van der Waals surface area contributed by atoms with Gasteiger partial charge in [-0.2, -0.15) is 0 Å². The fourth-order valence-electron chi connectivity index (χ4n) is 4.18. The number of nitrogens with two attached hydrogens (primary N) is 1. The first-order chi connectivity index (χ1) is 16.1. The third-order valence-corrected chi connectivity index (χ3v) is 6.16. The second-order valence-electron chi connectivity index (χ2n) is 9.18. The first kappa shape index (κ1) is 29.0. The van der Waals surface area contributed by atoms with Gasteiger partial charge in [0.15, 0.2) is 0 Å². The molecule has 2 rings (SSSR count). The van der Waals surface area contributed by atoms with E-state index in [1.807, 2.05) is 12.3 Å². The van der Waals surface area contributed by atoms with Crippen LogP contribution < -0.4 is 5.73 Å². The first-order valence-electron chi connectivity index (χ1n) is 13.3. The number of benzene rings is 1. The van der Waals surface area contributed by atoms with Crippen molar-refractivity contribution in [3.8, 4) is 5.75 Å². The minimum absolute atomic E-state index is 0.297. The highest BCUT2D eigenvalue weighted by Crippen LogP contribution is 2.22. The Balaban J connectivity index is 0.000000357. The summed E-state index contributed by atoms with van der Waals surface area (Å²) in [5, 5.41) is 18.9. The minimum Gasteiger partial charge on any atom is -0.508 e. The zero-order valence-corrected chi connectivity index (χ0v) is 20.9. The van der Waals surface area contributed by atoms with Crippen molar-refractivity contribution in [3.05, 3.63) is 30.0 Å². The molecule has 0 fully saturated rings. The molecule has 0 bridgehead atoms. The van der Waals surface area contributed by atoms with Gasteiger partial charge < -0.3 is 20.9 Å². The van der Waals surface area contributed by atoms with Crippen LogP contribution in [0.2, 0.25) is 0 Å². The Morgan fingerprint density at radius 2 is 1.36 bits per heavy atom. The highest BCUT2D eigenvalue weighted by Gasteiger charge is 2.03. The van der Waals surface area contributed by atoms with Crippen LogP contribution in [-0.4, -0.2) is 27.7 Å². The zero-order valence-electron chi connectivity index (χ0n) is 20.9. The number of carbonyl (C=O) groups is 1. The Hall–Kier alpha value is -2.01. The topological polar surface area (TPSA) is 99.3 Å². The number of hydrogen-bond donors (Lipinski definition) is 4. The van der Waals surface area contributed by atoms with Crippen molar-refractivity contribution in [3.63, 3.8) is 0 Å². The van der Waals surface area contributed by atoms with Crippen LogP contribution in [0, 0.1) is 0 Å². The average molecular weight is 461 g/mol. The first-order valence-corrected chi connectivity index (χ1v) is 13.3. The Morgan fingerprint density at radius 1 is 0.848 bits per heavy atom. The van der Waals surface area contributed by atoms with Crippen LogP contribution >= 0.6 is 0 Å². The smallest absolute Gasteiger partial charge is 0.303 e. The molecular weight excluding hydrogens is 412 g/mol.